The van der Waals surface area contributed by atoms with Crippen LogP contribution in [-0.4, -0.2) is 36.5 Å². The fraction of sp³-hybridized carbons (Fsp3) is 0.533. The third-order valence-electron chi connectivity index (χ3n) is 3.83. The average Bonchev–Trinajstić information content (AvgIpc) is 2.42. The first-order chi connectivity index (χ1) is 9.60. The summed E-state index contributed by atoms with van der Waals surface area (Å²) in [5.41, 5.74) is 7.78. The zero-order valence-electron chi connectivity index (χ0n) is 12.3. The van der Waals surface area contributed by atoms with Gasteiger partial charge in [-0.05, 0) is 72.7 Å². The first kappa shape index (κ1) is 18.7. The summed E-state index contributed by atoms with van der Waals surface area (Å²) in [6.07, 6.45) is 3.48. The molecule has 1 aliphatic heterocycles. The minimum absolute atomic E-state index is 0. The van der Waals surface area contributed by atoms with Gasteiger partial charge >= 0.3 is 0 Å². The van der Waals surface area contributed by atoms with Gasteiger partial charge in [0.15, 0.2) is 0 Å². The van der Waals surface area contributed by atoms with Crippen molar-refractivity contribution in [1.82, 2.24) is 4.90 Å². The molecule has 0 radical (unpaired) electrons. The number of hydrogen-bond acceptors (Lipinski definition) is 3. The first-order valence-electron chi connectivity index (χ1n) is 7.10. The Morgan fingerprint density at radius 3 is 2.90 bits per heavy atom. The lowest BCUT2D eigenvalue weighted by molar-refractivity contribution is -0.118. The molecule has 6 heteroatoms. The summed E-state index contributed by atoms with van der Waals surface area (Å²) in [5.74, 6) is 0.0506. The van der Waals surface area contributed by atoms with Gasteiger partial charge in [-0.3, -0.25) is 9.69 Å². The maximum atomic E-state index is 12.2. The monoisotopic (exact) mass is 423 g/mol. The lowest BCUT2D eigenvalue weighted by Gasteiger charge is -2.34. The molecule has 1 aromatic rings. The van der Waals surface area contributed by atoms with Crippen LogP contribution in [0.4, 0.5) is 5.69 Å². The van der Waals surface area contributed by atoms with Crippen LogP contribution in [0, 0.1) is 10.5 Å². The Morgan fingerprint density at radius 1 is 1.48 bits per heavy atom. The fourth-order valence-corrected chi connectivity index (χ4v) is 3.32. The summed E-state index contributed by atoms with van der Waals surface area (Å²) in [7, 11) is 0. The van der Waals surface area contributed by atoms with Gasteiger partial charge in [0.25, 0.3) is 0 Å². The predicted octanol–water partition coefficient (Wildman–Crippen LogP) is 2.77. The molecule has 0 saturated carbocycles. The number of halogens is 2. The highest BCUT2D eigenvalue weighted by molar-refractivity contribution is 14.1. The van der Waals surface area contributed by atoms with E-state index in [0.717, 1.165) is 30.6 Å². The van der Waals surface area contributed by atoms with E-state index in [1.165, 1.54) is 9.99 Å². The first-order valence-corrected chi connectivity index (χ1v) is 8.18. The van der Waals surface area contributed by atoms with Crippen molar-refractivity contribution in [1.29, 1.82) is 0 Å². The molecule has 1 aromatic carbocycles. The molecule has 3 N–H and O–H groups in total. The maximum Gasteiger partial charge on any atom is 0.238 e. The molecule has 118 valence electrons. The van der Waals surface area contributed by atoms with E-state index in [1.54, 1.807) is 0 Å². The van der Waals surface area contributed by atoms with Crippen LogP contribution < -0.4 is 11.1 Å². The number of nitrogens with two attached hydrogens (primary N) is 1. The Balaban J connectivity index is 0.00000220. The minimum atomic E-state index is 0. The molecule has 1 saturated heterocycles. The SMILES string of the molecule is Cc1cc(I)ccc1NC(=O)CN1CCCCC1CN.Cl. The van der Waals surface area contributed by atoms with Crippen molar-refractivity contribution in [2.24, 2.45) is 5.73 Å². The summed E-state index contributed by atoms with van der Waals surface area (Å²) in [6, 6.07) is 6.39. The van der Waals surface area contributed by atoms with E-state index in [4.69, 9.17) is 5.73 Å². The van der Waals surface area contributed by atoms with Crippen LogP contribution in [0.25, 0.3) is 0 Å². The molecule has 1 unspecified atom stereocenters. The molecule has 1 amide bonds. The number of nitrogens with zero attached hydrogens (tertiary/aromatic N) is 1. The molecule has 0 aliphatic carbocycles. The normalized spacial score (nSPS) is 18.9. The molecule has 1 aliphatic rings. The molecular formula is C15H23ClIN3O. The molecule has 1 fully saturated rings. The zero-order valence-corrected chi connectivity index (χ0v) is 15.2. The topological polar surface area (TPSA) is 58.4 Å². The van der Waals surface area contributed by atoms with E-state index in [0.29, 0.717) is 19.1 Å². The third kappa shape index (κ3) is 5.39. The Kier molecular flexibility index (Phi) is 7.94. The van der Waals surface area contributed by atoms with Crippen molar-refractivity contribution in [2.45, 2.75) is 32.2 Å². The van der Waals surface area contributed by atoms with E-state index in [9.17, 15) is 4.79 Å². The molecule has 1 atom stereocenters. The average molecular weight is 424 g/mol. The van der Waals surface area contributed by atoms with Gasteiger partial charge in [-0.15, -0.1) is 12.4 Å². The van der Waals surface area contributed by atoms with Gasteiger partial charge in [-0.25, -0.2) is 0 Å². The second-order valence-corrected chi connectivity index (χ2v) is 6.61. The van der Waals surface area contributed by atoms with E-state index < -0.39 is 0 Å². The second kappa shape index (κ2) is 8.92. The number of carbonyl (C=O) groups is 1. The molecule has 0 bridgehead atoms. The molecule has 4 nitrogen and oxygen atoms in total. The molecule has 1 heterocycles. The maximum absolute atomic E-state index is 12.2. The summed E-state index contributed by atoms with van der Waals surface area (Å²) < 4.78 is 1.18. The van der Waals surface area contributed by atoms with E-state index >= 15 is 0 Å². The fourth-order valence-electron chi connectivity index (χ4n) is 2.68. The van der Waals surface area contributed by atoms with E-state index in [1.807, 2.05) is 19.1 Å². The lowest BCUT2D eigenvalue weighted by atomic mass is 10.0. The van der Waals surface area contributed by atoms with Gasteiger partial charge in [-0.1, -0.05) is 6.42 Å². The largest absolute Gasteiger partial charge is 0.329 e. The quantitative estimate of drug-likeness (QED) is 0.732. The Labute approximate surface area is 146 Å². The molecule has 21 heavy (non-hydrogen) atoms. The van der Waals surface area contributed by atoms with Gasteiger partial charge in [-0.2, -0.15) is 0 Å². The summed E-state index contributed by atoms with van der Waals surface area (Å²) >= 11 is 2.27. The number of amides is 1. The van der Waals surface area contributed by atoms with Crippen LogP contribution in [0.1, 0.15) is 24.8 Å². The third-order valence-corrected chi connectivity index (χ3v) is 4.50. The van der Waals surface area contributed by atoms with Gasteiger partial charge in [0.1, 0.15) is 0 Å². The van der Waals surface area contributed by atoms with Crippen LogP contribution in [0.2, 0.25) is 0 Å². The molecular weight excluding hydrogens is 401 g/mol. The summed E-state index contributed by atoms with van der Waals surface area (Å²) in [5, 5.41) is 3.00. The predicted molar refractivity (Wildman–Crippen MR) is 98.0 cm³/mol. The van der Waals surface area contributed by atoms with Crippen molar-refractivity contribution in [2.75, 3.05) is 25.0 Å². The number of rotatable bonds is 4. The number of piperidine rings is 1. The Bertz CT molecular complexity index is 484. The van der Waals surface area contributed by atoms with E-state index in [-0.39, 0.29) is 18.3 Å². The summed E-state index contributed by atoms with van der Waals surface area (Å²) in [6.45, 7) is 4.06. The van der Waals surface area contributed by atoms with Gasteiger partial charge in [0.05, 0.1) is 6.54 Å². The standard InChI is InChI=1S/C15H22IN3O.ClH/c1-11-8-12(16)5-6-14(11)18-15(20)10-19-7-3-2-4-13(19)9-17;/h5-6,8,13H,2-4,7,9-10,17H2,1H3,(H,18,20);1H. The zero-order chi connectivity index (χ0) is 14.5. The van der Waals surface area contributed by atoms with Crippen LogP contribution in [0.5, 0.6) is 0 Å². The molecule has 2 rings (SSSR count). The Morgan fingerprint density at radius 2 is 2.24 bits per heavy atom. The number of hydrogen-bond donors (Lipinski definition) is 2. The second-order valence-electron chi connectivity index (χ2n) is 5.36. The number of carbonyl (C=O) groups excluding carboxylic acids is 1. The van der Waals surface area contributed by atoms with Crippen LogP contribution in [-0.2, 0) is 4.79 Å². The highest BCUT2D eigenvalue weighted by atomic mass is 127. The van der Waals surface area contributed by atoms with Gasteiger partial charge in [0, 0.05) is 21.8 Å². The van der Waals surface area contributed by atoms with Gasteiger partial charge in [0.2, 0.25) is 5.91 Å². The van der Waals surface area contributed by atoms with Crippen LogP contribution in [0.3, 0.4) is 0 Å². The Hall–Kier alpha value is -0.370. The van der Waals surface area contributed by atoms with Crippen molar-refractivity contribution < 1.29 is 4.79 Å². The number of benzene rings is 1. The number of anilines is 1. The number of likely N-dealkylation sites (tertiary alicyclic amines) is 1. The highest BCUT2D eigenvalue weighted by Gasteiger charge is 2.23. The van der Waals surface area contributed by atoms with Crippen molar-refractivity contribution >= 4 is 46.6 Å². The smallest absolute Gasteiger partial charge is 0.238 e. The molecule has 0 aromatic heterocycles. The molecule has 0 spiro atoms. The van der Waals surface area contributed by atoms with E-state index in [2.05, 4.69) is 38.9 Å². The van der Waals surface area contributed by atoms with Crippen LogP contribution >= 0.6 is 35.0 Å². The van der Waals surface area contributed by atoms with Gasteiger partial charge < -0.3 is 11.1 Å². The van der Waals surface area contributed by atoms with Crippen molar-refractivity contribution in [3.8, 4) is 0 Å². The number of nitrogens with one attached hydrogen (secondary N) is 1. The van der Waals surface area contributed by atoms with Crippen LogP contribution in [0.15, 0.2) is 18.2 Å². The highest BCUT2D eigenvalue weighted by Crippen LogP contribution is 2.19. The summed E-state index contributed by atoms with van der Waals surface area (Å²) in [4.78, 5) is 14.4. The van der Waals surface area contributed by atoms with Crippen molar-refractivity contribution in [3.05, 3.63) is 27.3 Å². The van der Waals surface area contributed by atoms with Crippen molar-refractivity contribution in [3.63, 3.8) is 0 Å². The minimum Gasteiger partial charge on any atom is -0.329 e. The number of aryl methyl sites for hydroxylation is 1. The lowest BCUT2D eigenvalue weighted by Crippen LogP contribution is -2.47.